The Morgan fingerprint density at radius 2 is 1.25 bits per heavy atom. The molecule has 0 saturated carbocycles. The molecule has 120 valence electrons. The van der Waals surface area contributed by atoms with E-state index in [1.807, 2.05) is 18.2 Å². The number of hydrogen-bond acceptors (Lipinski definition) is 2. The molecule has 3 heteroatoms. The lowest BCUT2D eigenvalue weighted by atomic mass is 10.00. The first-order chi connectivity index (χ1) is 11.7. The highest BCUT2D eigenvalue weighted by Gasteiger charge is 2.24. The summed E-state index contributed by atoms with van der Waals surface area (Å²) in [6, 6.07) is 22.9. The zero-order chi connectivity index (χ0) is 16.5. The standard InChI is InChI=1S/C21H19O2P/c1-15-8-10-20-17(12-15)14-18-13-16(2)9-11-21(18)23-24(22-20)19-6-4-3-5-7-19/h3-13H,14H2,1-2H3. The normalized spacial score (nSPS) is 13.8. The van der Waals surface area contributed by atoms with Crippen LogP contribution in [-0.4, -0.2) is 0 Å². The van der Waals surface area contributed by atoms with Crippen molar-refractivity contribution in [3.63, 3.8) is 0 Å². The molecule has 0 aromatic heterocycles. The second-order valence-electron chi connectivity index (χ2n) is 6.17. The molecule has 3 aromatic carbocycles. The molecule has 0 bridgehead atoms. The van der Waals surface area contributed by atoms with Gasteiger partial charge in [0.1, 0.15) is 11.5 Å². The largest absolute Gasteiger partial charge is 0.435 e. The molecule has 3 aromatic rings. The van der Waals surface area contributed by atoms with Crippen LogP contribution in [0.5, 0.6) is 11.5 Å². The molecule has 0 saturated heterocycles. The van der Waals surface area contributed by atoms with Gasteiger partial charge in [-0.2, -0.15) is 0 Å². The van der Waals surface area contributed by atoms with Crippen LogP contribution < -0.4 is 14.4 Å². The predicted octanol–water partition coefficient (Wildman–Crippen LogP) is 5.30. The maximum atomic E-state index is 6.31. The molecule has 1 heterocycles. The van der Waals surface area contributed by atoms with Crippen LogP contribution in [-0.2, 0) is 6.42 Å². The number of fused-ring (bicyclic) bond motifs is 2. The van der Waals surface area contributed by atoms with Crippen molar-refractivity contribution in [3.05, 3.63) is 89.0 Å². The van der Waals surface area contributed by atoms with Gasteiger partial charge in [0.25, 0.3) is 0 Å². The molecule has 0 atom stereocenters. The molecule has 0 spiro atoms. The lowest BCUT2D eigenvalue weighted by Gasteiger charge is -2.25. The summed E-state index contributed by atoms with van der Waals surface area (Å²) in [4.78, 5) is 0. The van der Waals surface area contributed by atoms with Gasteiger partial charge in [0.2, 0.25) is 0 Å². The van der Waals surface area contributed by atoms with Crippen LogP contribution in [0.4, 0.5) is 0 Å². The molecule has 0 radical (unpaired) electrons. The van der Waals surface area contributed by atoms with Gasteiger partial charge in [-0.3, -0.25) is 0 Å². The van der Waals surface area contributed by atoms with Gasteiger partial charge in [-0.1, -0.05) is 53.6 Å². The van der Waals surface area contributed by atoms with Crippen molar-refractivity contribution >= 4 is 13.7 Å². The first-order valence-corrected chi connectivity index (χ1v) is 9.27. The van der Waals surface area contributed by atoms with Crippen LogP contribution in [0.3, 0.4) is 0 Å². The van der Waals surface area contributed by atoms with Crippen molar-refractivity contribution < 1.29 is 9.05 Å². The van der Waals surface area contributed by atoms with Gasteiger partial charge < -0.3 is 9.05 Å². The Balaban J connectivity index is 1.85. The van der Waals surface area contributed by atoms with E-state index in [0.29, 0.717) is 0 Å². The zero-order valence-electron chi connectivity index (χ0n) is 13.8. The molecule has 4 rings (SSSR count). The second kappa shape index (κ2) is 6.30. The maximum absolute atomic E-state index is 6.31. The quantitative estimate of drug-likeness (QED) is 0.562. The third-order valence-corrected chi connectivity index (χ3v) is 5.59. The Morgan fingerprint density at radius 3 is 1.79 bits per heavy atom. The highest BCUT2D eigenvalue weighted by Crippen LogP contribution is 2.45. The highest BCUT2D eigenvalue weighted by atomic mass is 31.2. The maximum Gasteiger partial charge on any atom is 0.326 e. The Morgan fingerprint density at radius 1 is 0.708 bits per heavy atom. The fourth-order valence-electron chi connectivity index (χ4n) is 2.93. The molecule has 0 N–H and O–H groups in total. The molecule has 0 aliphatic carbocycles. The molecule has 0 amide bonds. The summed E-state index contributed by atoms with van der Waals surface area (Å²) in [6.45, 7) is 4.24. The van der Waals surface area contributed by atoms with E-state index in [-0.39, 0.29) is 0 Å². The molecular weight excluding hydrogens is 315 g/mol. The lowest BCUT2D eigenvalue weighted by Crippen LogP contribution is -2.13. The van der Waals surface area contributed by atoms with Crippen LogP contribution >= 0.6 is 8.38 Å². The van der Waals surface area contributed by atoms with E-state index in [0.717, 1.165) is 23.2 Å². The summed E-state index contributed by atoms with van der Waals surface area (Å²) in [7, 11) is -1.20. The number of aryl methyl sites for hydroxylation is 2. The fourth-order valence-corrected chi connectivity index (χ4v) is 4.31. The van der Waals surface area contributed by atoms with Crippen molar-refractivity contribution in [1.29, 1.82) is 0 Å². The van der Waals surface area contributed by atoms with E-state index in [1.54, 1.807) is 0 Å². The van der Waals surface area contributed by atoms with E-state index >= 15 is 0 Å². The summed E-state index contributed by atoms with van der Waals surface area (Å²) in [5.41, 5.74) is 4.93. The van der Waals surface area contributed by atoms with Crippen LogP contribution in [0.15, 0.2) is 66.7 Å². The molecule has 2 nitrogen and oxygen atoms in total. The van der Waals surface area contributed by atoms with Gasteiger partial charge in [0, 0.05) is 6.42 Å². The molecule has 1 aliphatic rings. The van der Waals surface area contributed by atoms with Crippen molar-refractivity contribution in [2.45, 2.75) is 20.3 Å². The van der Waals surface area contributed by atoms with Crippen LogP contribution in [0.2, 0.25) is 0 Å². The minimum Gasteiger partial charge on any atom is -0.435 e. The molecule has 0 fully saturated rings. The number of rotatable bonds is 1. The summed E-state index contributed by atoms with van der Waals surface area (Å²) in [5.74, 6) is 1.84. The first kappa shape index (κ1) is 15.2. The van der Waals surface area contributed by atoms with Crippen molar-refractivity contribution in [2.24, 2.45) is 0 Å². The molecule has 1 aliphatic heterocycles. The summed E-state index contributed by atoms with van der Waals surface area (Å²) in [6.07, 6.45) is 0.825. The average molecular weight is 334 g/mol. The predicted molar refractivity (Wildman–Crippen MR) is 99.4 cm³/mol. The topological polar surface area (TPSA) is 18.5 Å². The lowest BCUT2D eigenvalue weighted by molar-refractivity contribution is 0.488. The van der Waals surface area contributed by atoms with Gasteiger partial charge in [-0.25, -0.2) is 0 Å². The van der Waals surface area contributed by atoms with Crippen molar-refractivity contribution in [2.75, 3.05) is 0 Å². The van der Waals surface area contributed by atoms with E-state index in [2.05, 4.69) is 62.4 Å². The first-order valence-electron chi connectivity index (χ1n) is 8.09. The van der Waals surface area contributed by atoms with E-state index in [4.69, 9.17) is 9.05 Å². The second-order valence-corrected chi connectivity index (χ2v) is 7.57. The summed E-state index contributed by atoms with van der Waals surface area (Å²) >= 11 is 0. The van der Waals surface area contributed by atoms with Gasteiger partial charge >= 0.3 is 8.38 Å². The fraction of sp³-hybridized carbons (Fsp3) is 0.143. The highest BCUT2D eigenvalue weighted by molar-refractivity contribution is 7.56. The van der Waals surface area contributed by atoms with Gasteiger partial charge in [-0.05, 0) is 49.2 Å². The minimum atomic E-state index is -1.20. The monoisotopic (exact) mass is 334 g/mol. The Kier molecular flexibility index (Phi) is 4.00. The van der Waals surface area contributed by atoms with Crippen LogP contribution in [0.25, 0.3) is 0 Å². The number of hydrogen-bond donors (Lipinski definition) is 0. The minimum absolute atomic E-state index is 0.825. The van der Waals surface area contributed by atoms with E-state index in [9.17, 15) is 0 Å². The summed E-state index contributed by atoms with van der Waals surface area (Å²) in [5, 5.41) is 1.08. The molecular formula is C21H19O2P. The average Bonchev–Trinajstić information content (AvgIpc) is 2.57. The van der Waals surface area contributed by atoms with Gasteiger partial charge in [0.05, 0.1) is 5.30 Å². The van der Waals surface area contributed by atoms with E-state index < -0.39 is 8.38 Å². The van der Waals surface area contributed by atoms with Crippen molar-refractivity contribution in [3.8, 4) is 11.5 Å². The van der Waals surface area contributed by atoms with Crippen molar-refractivity contribution in [1.82, 2.24) is 0 Å². The third-order valence-electron chi connectivity index (χ3n) is 4.14. The Bertz CT molecular complexity index is 821. The summed E-state index contributed by atoms with van der Waals surface area (Å²) < 4.78 is 12.6. The number of benzene rings is 3. The SMILES string of the molecule is Cc1ccc2c(c1)Cc1cc(C)ccc1OP(c1ccccc1)O2. The third kappa shape index (κ3) is 3.02. The smallest absolute Gasteiger partial charge is 0.326 e. The molecule has 24 heavy (non-hydrogen) atoms. The van der Waals surface area contributed by atoms with Gasteiger partial charge in [0.15, 0.2) is 0 Å². The zero-order valence-corrected chi connectivity index (χ0v) is 14.7. The van der Waals surface area contributed by atoms with Crippen LogP contribution in [0, 0.1) is 13.8 Å². The van der Waals surface area contributed by atoms with Gasteiger partial charge in [-0.15, -0.1) is 0 Å². The molecule has 0 unspecified atom stereocenters. The van der Waals surface area contributed by atoms with E-state index in [1.165, 1.54) is 22.3 Å². The Hall–Kier alpha value is -2.31. The Labute approximate surface area is 144 Å². The van der Waals surface area contributed by atoms with Crippen LogP contribution in [0.1, 0.15) is 22.3 Å².